The quantitative estimate of drug-likeness (QED) is 0.786. The molecule has 2 fully saturated rings. The maximum Gasteiger partial charge on any atom is 0.250 e. The van der Waals surface area contributed by atoms with Gasteiger partial charge in [-0.2, -0.15) is 0 Å². The van der Waals surface area contributed by atoms with E-state index < -0.39 is 5.82 Å². The molecule has 19 heavy (non-hydrogen) atoms. The van der Waals surface area contributed by atoms with Crippen LogP contribution in [0.25, 0.3) is 0 Å². The van der Waals surface area contributed by atoms with E-state index in [9.17, 15) is 9.18 Å². The lowest BCUT2D eigenvalue weighted by molar-refractivity contribution is -0.139. The highest BCUT2D eigenvalue weighted by Gasteiger charge is 2.34. The molecule has 1 aromatic rings. The Morgan fingerprint density at radius 2 is 2.11 bits per heavy atom. The SMILES string of the molecule is O=C(NOCC1CC1)C1CN(c2ncc(F)cn2)C1. The van der Waals surface area contributed by atoms with E-state index in [1.807, 2.05) is 4.90 Å². The molecule has 1 saturated heterocycles. The summed E-state index contributed by atoms with van der Waals surface area (Å²) >= 11 is 0. The summed E-state index contributed by atoms with van der Waals surface area (Å²) in [6.07, 6.45) is 4.62. The summed E-state index contributed by atoms with van der Waals surface area (Å²) in [5.41, 5.74) is 2.47. The van der Waals surface area contributed by atoms with Crippen LogP contribution in [0.15, 0.2) is 12.4 Å². The van der Waals surface area contributed by atoms with Gasteiger partial charge < -0.3 is 4.90 Å². The molecular formula is C12H15FN4O2. The first-order chi connectivity index (χ1) is 9.22. The highest BCUT2D eigenvalue weighted by atomic mass is 19.1. The van der Waals surface area contributed by atoms with Crippen molar-refractivity contribution in [3.05, 3.63) is 18.2 Å². The highest BCUT2D eigenvalue weighted by molar-refractivity contribution is 5.80. The summed E-state index contributed by atoms with van der Waals surface area (Å²) in [4.78, 5) is 26.4. The number of nitrogens with one attached hydrogen (secondary N) is 1. The summed E-state index contributed by atoms with van der Waals surface area (Å²) in [6, 6.07) is 0. The lowest BCUT2D eigenvalue weighted by atomic mass is 10.0. The second-order valence-electron chi connectivity index (χ2n) is 5.02. The minimum absolute atomic E-state index is 0.112. The molecule has 1 aliphatic heterocycles. The zero-order valence-corrected chi connectivity index (χ0v) is 10.4. The van der Waals surface area contributed by atoms with Crippen LogP contribution in [0, 0.1) is 17.7 Å². The van der Waals surface area contributed by atoms with E-state index in [2.05, 4.69) is 15.4 Å². The van der Waals surface area contributed by atoms with Gasteiger partial charge >= 0.3 is 0 Å². The minimum Gasteiger partial charge on any atom is -0.339 e. The van der Waals surface area contributed by atoms with Crippen molar-refractivity contribution in [2.45, 2.75) is 12.8 Å². The first-order valence-electron chi connectivity index (χ1n) is 6.36. The second kappa shape index (κ2) is 5.08. The molecule has 0 bridgehead atoms. The van der Waals surface area contributed by atoms with Crippen molar-refractivity contribution in [1.82, 2.24) is 15.4 Å². The Balaban J connectivity index is 1.41. The van der Waals surface area contributed by atoms with Gasteiger partial charge in [0, 0.05) is 13.1 Å². The Kier molecular flexibility index (Phi) is 3.29. The van der Waals surface area contributed by atoms with E-state index in [1.54, 1.807) is 0 Å². The lowest BCUT2D eigenvalue weighted by Crippen LogP contribution is -2.54. The Morgan fingerprint density at radius 1 is 1.42 bits per heavy atom. The van der Waals surface area contributed by atoms with E-state index >= 15 is 0 Å². The monoisotopic (exact) mass is 266 g/mol. The van der Waals surface area contributed by atoms with Crippen LogP contribution in [0.3, 0.4) is 0 Å². The number of aromatic nitrogens is 2. The predicted molar refractivity (Wildman–Crippen MR) is 64.5 cm³/mol. The first kappa shape index (κ1) is 12.3. The third-order valence-electron chi connectivity index (χ3n) is 3.33. The van der Waals surface area contributed by atoms with Crippen LogP contribution in [-0.4, -0.2) is 35.6 Å². The largest absolute Gasteiger partial charge is 0.339 e. The van der Waals surface area contributed by atoms with E-state index in [4.69, 9.17) is 4.84 Å². The maximum absolute atomic E-state index is 12.7. The van der Waals surface area contributed by atoms with Crippen LogP contribution in [0.1, 0.15) is 12.8 Å². The number of carbonyl (C=O) groups excluding carboxylic acids is 1. The molecule has 2 aliphatic rings. The Morgan fingerprint density at radius 3 is 2.74 bits per heavy atom. The van der Waals surface area contributed by atoms with Gasteiger partial charge in [-0.1, -0.05) is 0 Å². The molecule has 2 heterocycles. The molecule has 3 rings (SSSR count). The molecule has 1 aliphatic carbocycles. The molecule has 7 heteroatoms. The Hall–Kier alpha value is -1.76. The number of anilines is 1. The molecule has 0 unspecified atom stereocenters. The smallest absolute Gasteiger partial charge is 0.250 e. The van der Waals surface area contributed by atoms with Crippen molar-refractivity contribution < 1.29 is 14.0 Å². The van der Waals surface area contributed by atoms with E-state index in [-0.39, 0.29) is 11.8 Å². The summed E-state index contributed by atoms with van der Waals surface area (Å²) in [6.45, 7) is 1.66. The van der Waals surface area contributed by atoms with Crippen molar-refractivity contribution in [1.29, 1.82) is 0 Å². The number of amides is 1. The second-order valence-corrected chi connectivity index (χ2v) is 5.02. The normalized spacial score (nSPS) is 19.1. The average Bonchev–Trinajstić information content (AvgIpc) is 3.14. The molecule has 0 spiro atoms. The van der Waals surface area contributed by atoms with Gasteiger partial charge in [0.15, 0.2) is 5.82 Å². The molecule has 1 N–H and O–H groups in total. The van der Waals surface area contributed by atoms with Crippen LogP contribution in [0.4, 0.5) is 10.3 Å². The van der Waals surface area contributed by atoms with Crippen LogP contribution in [0.2, 0.25) is 0 Å². The Bertz CT molecular complexity index is 457. The topological polar surface area (TPSA) is 67.3 Å². The van der Waals surface area contributed by atoms with Crippen molar-refractivity contribution in [3.8, 4) is 0 Å². The van der Waals surface area contributed by atoms with E-state index in [1.165, 1.54) is 12.8 Å². The van der Waals surface area contributed by atoms with Crippen molar-refractivity contribution in [2.24, 2.45) is 11.8 Å². The number of hydrogen-bond donors (Lipinski definition) is 1. The van der Waals surface area contributed by atoms with Crippen molar-refractivity contribution in [2.75, 3.05) is 24.6 Å². The first-order valence-corrected chi connectivity index (χ1v) is 6.36. The van der Waals surface area contributed by atoms with E-state index in [0.29, 0.717) is 31.6 Å². The average molecular weight is 266 g/mol. The maximum atomic E-state index is 12.7. The van der Waals surface area contributed by atoms with Gasteiger partial charge in [0.2, 0.25) is 11.9 Å². The third-order valence-corrected chi connectivity index (χ3v) is 3.33. The fourth-order valence-electron chi connectivity index (χ4n) is 1.87. The molecule has 6 nitrogen and oxygen atoms in total. The summed E-state index contributed by atoms with van der Waals surface area (Å²) < 4.78 is 12.7. The number of halogens is 1. The zero-order valence-electron chi connectivity index (χ0n) is 10.4. The fraction of sp³-hybridized carbons (Fsp3) is 0.583. The number of rotatable bonds is 5. The molecule has 0 atom stereocenters. The van der Waals surface area contributed by atoms with Crippen LogP contribution >= 0.6 is 0 Å². The van der Waals surface area contributed by atoms with Crippen LogP contribution in [-0.2, 0) is 9.63 Å². The van der Waals surface area contributed by atoms with E-state index in [0.717, 1.165) is 12.4 Å². The summed E-state index contributed by atoms with van der Waals surface area (Å²) in [5, 5.41) is 0. The van der Waals surface area contributed by atoms with Gasteiger partial charge in [0.1, 0.15) is 0 Å². The molecule has 0 aromatic carbocycles. The summed E-state index contributed by atoms with van der Waals surface area (Å²) in [7, 11) is 0. The number of nitrogens with zero attached hydrogens (tertiary/aromatic N) is 3. The number of hydrogen-bond acceptors (Lipinski definition) is 5. The molecule has 1 aromatic heterocycles. The highest BCUT2D eigenvalue weighted by Crippen LogP contribution is 2.28. The van der Waals surface area contributed by atoms with Gasteiger partial charge in [0.05, 0.1) is 24.9 Å². The Labute approximate surface area is 109 Å². The van der Waals surface area contributed by atoms with Crippen molar-refractivity contribution in [3.63, 3.8) is 0 Å². The molecule has 1 saturated carbocycles. The number of carbonyl (C=O) groups is 1. The van der Waals surface area contributed by atoms with Gasteiger partial charge in [-0.15, -0.1) is 0 Å². The zero-order chi connectivity index (χ0) is 13.2. The molecular weight excluding hydrogens is 251 g/mol. The standard InChI is InChI=1S/C12H15FN4O2/c13-10-3-14-12(15-4-10)17-5-9(6-17)11(18)16-19-7-8-1-2-8/h3-4,8-9H,1-2,5-7H2,(H,16,18). The fourth-order valence-corrected chi connectivity index (χ4v) is 1.87. The van der Waals surface area contributed by atoms with Gasteiger partial charge in [-0.25, -0.2) is 19.8 Å². The molecule has 102 valence electrons. The minimum atomic E-state index is -0.466. The molecule has 1 amide bonds. The van der Waals surface area contributed by atoms with Crippen molar-refractivity contribution >= 4 is 11.9 Å². The lowest BCUT2D eigenvalue weighted by Gasteiger charge is -2.37. The van der Waals surface area contributed by atoms with Crippen LogP contribution in [0.5, 0.6) is 0 Å². The van der Waals surface area contributed by atoms with Gasteiger partial charge in [0.25, 0.3) is 0 Å². The summed E-state index contributed by atoms with van der Waals surface area (Å²) in [5.74, 6) is 0.370. The molecule has 0 radical (unpaired) electrons. The number of hydroxylamine groups is 1. The van der Waals surface area contributed by atoms with Crippen LogP contribution < -0.4 is 10.4 Å². The third kappa shape index (κ3) is 2.98. The van der Waals surface area contributed by atoms with Gasteiger partial charge in [-0.3, -0.25) is 9.63 Å². The predicted octanol–water partition coefficient (Wildman–Crippen LogP) is 0.510. The van der Waals surface area contributed by atoms with Gasteiger partial charge in [-0.05, 0) is 18.8 Å².